The van der Waals surface area contributed by atoms with Crippen molar-refractivity contribution in [1.29, 1.82) is 0 Å². The summed E-state index contributed by atoms with van der Waals surface area (Å²) in [6, 6.07) is 0. The molecule has 0 heteroatoms. The van der Waals surface area contributed by atoms with E-state index in [2.05, 4.69) is 76.3 Å². The summed E-state index contributed by atoms with van der Waals surface area (Å²) in [5.74, 6) is 11.7. The summed E-state index contributed by atoms with van der Waals surface area (Å²) >= 11 is 0. The molecule has 0 heterocycles. The Morgan fingerprint density at radius 3 is 0.594 bits per heavy atom. The molecule has 4 fully saturated rings. The van der Waals surface area contributed by atoms with Crippen LogP contribution in [0, 0.1) is 71.0 Å². The Morgan fingerprint density at radius 2 is 0.531 bits per heavy atom. The molecule has 0 N–H and O–H groups in total. The highest BCUT2D eigenvalue weighted by molar-refractivity contribution is 5.11. The topological polar surface area (TPSA) is 0 Å². The van der Waals surface area contributed by atoms with E-state index in [4.69, 9.17) is 0 Å². The predicted molar refractivity (Wildman–Crippen MR) is 138 cm³/mol. The first-order valence-corrected chi connectivity index (χ1v) is 14.2. The summed E-state index contributed by atoms with van der Waals surface area (Å²) in [7, 11) is 0. The lowest BCUT2D eigenvalue weighted by Crippen LogP contribution is -1.99. The van der Waals surface area contributed by atoms with Gasteiger partial charge in [-0.1, -0.05) is 76.3 Å². The van der Waals surface area contributed by atoms with E-state index in [9.17, 15) is 0 Å². The van der Waals surface area contributed by atoms with Gasteiger partial charge < -0.3 is 0 Å². The van der Waals surface area contributed by atoms with Crippen LogP contribution in [0.2, 0.25) is 0 Å². The standard InChI is InChI=1S/4C8H12/c4*1-6-4-7-2-3-8(6)5-7/h4*2-3,6-8H,4-5H2,1H3. The Bertz CT molecular complexity index is 624. The van der Waals surface area contributed by atoms with Crippen molar-refractivity contribution < 1.29 is 0 Å². The van der Waals surface area contributed by atoms with Crippen LogP contribution in [0.1, 0.15) is 79.1 Å². The molecule has 0 spiro atoms. The van der Waals surface area contributed by atoms with Crippen LogP contribution in [-0.4, -0.2) is 0 Å². The van der Waals surface area contributed by atoms with E-state index >= 15 is 0 Å². The smallest absolute Gasteiger partial charge is 0.0202 e. The maximum atomic E-state index is 2.40. The number of rotatable bonds is 0. The lowest BCUT2D eigenvalue weighted by atomic mass is 9.96. The van der Waals surface area contributed by atoms with E-state index < -0.39 is 0 Å². The summed E-state index contributed by atoms with van der Waals surface area (Å²) in [4.78, 5) is 0. The highest BCUT2D eigenvalue weighted by Crippen LogP contribution is 2.44. The monoisotopic (exact) mass is 432 g/mol. The molecule has 4 saturated carbocycles. The molecule has 8 aliphatic carbocycles. The first kappa shape index (κ1) is 22.7. The molecule has 8 bridgehead atoms. The summed E-state index contributed by atoms with van der Waals surface area (Å²) in [6.07, 6.45) is 30.9. The van der Waals surface area contributed by atoms with Crippen LogP contribution in [0.5, 0.6) is 0 Å². The Kier molecular flexibility index (Phi) is 6.87. The highest BCUT2D eigenvalue weighted by Gasteiger charge is 2.34. The number of hydrogen-bond donors (Lipinski definition) is 0. The van der Waals surface area contributed by atoms with Gasteiger partial charge >= 0.3 is 0 Å². The largest absolute Gasteiger partial charge is 0.0851 e. The van der Waals surface area contributed by atoms with Gasteiger partial charge in [-0.05, 0) is 122 Å². The van der Waals surface area contributed by atoms with Crippen molar-refractivity contribution in [2.24, 2.45) is 71.0 Å². The first-order chi connectivity index (χ1) is 15.4. The molecule has 0 aromatic carbocycles. The molecule has 0 aliphatic heterocycles. The van der Waals surface area contributed by atoms with Crippen molar-refractivity contribution >= 4 is 0 Å². The van der Waals surface area contributed by atoms with Gasteiger partial charge in [0.15, 0.2) is 0 Å². The van der Waals surface area contributed by atoms with Crippen molar-refractivity contribution in [1.82, 2.24) is 0 Å². The zero-order valence-corrected chi connectivity index (χ0v) is 21.2. The molecule has 0 radical (unpaired) electrons. The summed E-state index contributed by atoms with van der Waals surface area (Å²) in [6.45, 7) is 9.48. The third-order valence-corrected chi connectivity index (χ3v) is 10.4. The molecular formula is C32H48. The fraction of sp³-hybridized carbons (Fsp3) is 0.750. The molecule has 12 atom stereocenters. The van der Waals surface area contributed by atoms with Crippen molar-refractivity contribution in [2.45, 2.75) is 79.1 Å². The second-order valence-corrected chi connectivity index (χ2v) is 13.0. The van der Waals surface area contributed by atoms with Crippen LogP contribution < -0.4 is 0 Å². The number of fused-ring (bicyclic) bond motifs is 8. The van der Waals surface area contributed by atoms with Crippen LogP contribution in [0.25, 0.3) is 0 Å². The lowest BCUT2D eigenvalue weighted by Gasteiger charge is -2.09. The molecule has 8 aliphatic rings. The minimum absolute atomic E-state index is 0.958. The quantitative estimate of drug-likeness (QED) is 0.335. The molecule has 0 aromatic heterocycles. The van der Waals surface area contributed by atoms with Crippen LogP contribution >= 0.6 is 0 Å². The Labute approximate surface area is 198 Å². The van der Waals surface area contributed by atoms with E-state index in [0.717, 1.165) is 71.0 Å². The van der Waals surface area contributed by atoms with E-state index in [-0.39, 0.29) is 0 Å². The van der Waals surface area contributed by atoms with Crippen LogP contribution in [0.3, 0.4) is 0 Å². The van der Waals surface area contributed by atoms with E-state index in [0.29, 0.717) is 0 Å². The van der Waals surface area contributed by atoms with E-state index in [1.54, 1.807) is 0 Å². The zero-order chi connectivity index (χ0) is 22.2. The molecule has 32 heavy (non-hydrogen) atoms. The Morgan fingerprint density at radius 1 is 0.312 bits per heavy atom. The average Bonchev–Trinajstić information content (AvgIpc) is 3.61. The van der Waals surface area contributed by atoms with Gasteiger partial charge in [0.05, 0.1) is 0 Å². The van der Waals surface area contributed by atoms with Crippen molar-refractivity contribution in [3.05, 3.63) is 48.6 Å². The van der Waals surface area contributed by atoms with E-state index in [1.165, 1.54) is 51.4 Å². The van der Waals surface area contributed by atoms with Gasteiger partial charge in [0.1, 0.15) is 0 Å². The van der Waals surface area contributed by atoms with Crippen LogP contribution in [-0.2, 0) is 0 Å². The fourth-order valence-corrected chi connectivity index (χ4v) is 8.22. The Balaban J connectivity index is 0.0000000900. The number of hydrogen-bond acceptors (Lipinski definition) is 0. The van der Waals surface area contributed by atoms with Crippen molar-refractivity contribution in [3.63, 3.8) is 0 Å². The minimum atomic E-state index is 0.958. The van der Waals surface area contributed by atoms with E-state index in [1.807, 2.05) is 0 Å². The lowest BCUT2D eigenvalue weighted by molar-refractivity contribution is 0.493. The Hall–Kier alpha value is -1.04. The predicted octanol–water partition coefficient (Wildman–Crippen LogP) is 8.87. The van der Waals surface area contributed by atoms with Crippen molar-refractivity contribution in [2.75, 3.05) is 0 Å². The molecular weight excluding hydrogens is 384 g/mol. The first-order valence-electron chi connectivity index (χ1n) is 14.2. The molecule has 0 saturated heterocycles. The molecule has 0 aromatic rings. The van der Waals surface area contributed by atoms with Crippen molar-refractivity contribution in [3.8, 4) is 0 Å². The number of allylic oxidation sites excluding steroid dienone is 8. The maximum Gasteiger partial charge on any atom is -0.0202 e. The minimum Gasteiger partial charge on any atom is -0.0851 e. The van der Waals surface area contributed by atoms with Gasteiger partial charge in [-0.25, -0.2) is 0 Å². The maximum absolute atomic E-state index is 2.40. The summed E-state index contributed by atoms with van der Waals surface area (Å²) < 4.78 is 0. The molecule has 0 nitrogen and oxygen atoms in total. The molecule has 8 rings (SSSR count). The normalized spacial score (nSPS) is 50.9. The average molecular weight is 433 g/mol. The molecule has 12 unspecified atom stereocenters. The van der Waals surface area contributed by atoms with Gasteiger partial charge in [0, 0.05) is 0 Å². The summed E-state index contributed by atoms with van der Waals surface area (Å²) in [5.41, 5.74) is 0. The second-order valence-electron chi connectivity index (χ2n) is 13.0. The summed E-state index contributed by atoms with van der Waals surface area (Å²) in [5, 5.41) is 0. The third kappa shape index (κ3) is 5.05. The van der Waals surface area contributed by atoms with Gasteiger partial charge in [-0.15, -0.1) is 0 Å². The molecule has 176 valence electrons. The van der Waals surface area contributed by atoms with Gasteiger partial charge in [-0.3, -0.25) is 0 Å². The fourth-order valence-electron chi connectivity index (χ4n) is 8.22. The SMILES string of the molecule is CC1CC2C=CC1C2.CC1CC2C=CC1C2.CC1CC2C=CC1C2.CC1CC2C=CC1C2. The highest BCUT2D eigenvalue weighted by atomic mass is 14.4. The van der Waals surface area contributed by atoms with Crippen LogP contribution in [0.15, 0.2) is 48.6 Å². The second kappa shape index (κ2) is 9.68. The van der Waals surface area contributed by atoms with Gasteiger partial charge in [0.25, 0.3) is 0 Å². The third-order valence-electron chi connectivity index (χ3n) is 10.4. The van der Waals surface area contributed by atoms with Gasteiger partial charge in [0.2, 0.25) is 0 Å². The van der Waals surface area contributed by atoms with Crippen LogP contribution in [0.4, 0.5) is 0 Å². The zero-order valence-electron chi connectivity index (χ0n) is 21.2. The molecule has 0 amide bonds. The van der Waals surface area contributed by atoms with Gasteiger partial charge in [-0.2, -0.15) is 0 Å².